The number of hydrogen-bond donors (Lipinski definition) is 3. The number of hydrogen-bond acceptors (Lipinski definition) is 6. The van der Waals surface area contributed by atoms with Crippen LogP contribution in [-0.4, -0.2) is 40.1 Å². The number of ether oxygens (including phenoxy) is 1. The van der Waals surface area contributed by atoms with Gasteiger partial charge in [0.25, 0.3) is 0 Å². The number of H-pyrrole nitrogens is 2. The Labute approximate surface area is 177 Å². The summed E-state index contributed by atoms with van der Waals surface area (Å²) in [5.41, 5.74) is 4.07. The van der Waals surface area contributed by atoms with E-state index in [2.05, 4.69) is 31.3 Å². The lowest BCUT2D eigenvalue weighted by molar-refractivity contribution is 0.0601. The van der Waals surface area contributed by atoms with Crippen molar-refractivity contribution in [3.8, 4) is 0 Å². The van der Waals surface area contributed by atoms with Gasteiger partial charge >= 0.3 is 5.97 Å². The maximum Gasteiger partial charge on any atom is 0.337 e. The molecule has 0 radical (unpaired) electrons. The van der Waals surface area contributed by atoms with Gasteiger partial charge in [-0.15, -0.1) is 0 Å². The van der Waals surface area contributed by atoms with E-state index in [1.54, 1.807) is 18.3 Å². The first-order valence-electron chi connectivity index (χ1n) is 9.73. The molecule has 31 heavy (non-hydrogen) atoms. The molecule has 3 N–H and O–H groups in total. The molecule has 5 rings (SSSR count). The largest absolute Gasteiger partial charge is 0.465 e. The van der Waals surface area contributed by atoms with Gasteiger partial charge in [0.05, 0.1) is 18.4 Å². The summed E-state index contributed by atoms with van der Waals surface area (Å²) >= 11 is 0. The van der Waals surface area contributed by atoms with Crippen LogP contribution in [0.15, 0.2) is 67.1 Å². The maximum absolute atomic E-state index is 12.1. The van der Waals surface area contributed by atoms with Crippen LogP contribution >= 0.6 is 0 Å². The monoisotopic (exact) mass is 412 g/mol. The molecule has 0 aliphatic carbocycles. The van der Waals surface area contributed by atoms with Crippen molar-refractivity contribution in [1.82, 2.24) is 19.9 Å². The average molecular weight is 412 g/mol. The number of nitrogens with one attached hydrogen (secondary N) is 3. The number of aromatic nitrogens is 4. The van der Waals surface area contributed by atoms with Gasteiger partial charge in [-0.25, -0.2) is 9.78 Å². The van der Waals surface area contributed by atoms with Crippen molar-refractivity contribution in [2.75, 3.05) is 24.4 Å². The minimum absolute atomic E-state index is 0.408. The van der Waals surface area contributed by atoms with Crippen LogP contribution in [0, 0.1) is 0 Å². The zero-order valence-corrected chi connectivity index (χ0v) is 17.0. The zero-order valence-electron chi connectivity index (χ0n) is 17.0. The van der Waals surface area contributed by atoms with Crippen molar-refractivity contribution in [3.63, 3.8) is 0 Å². The Hall–Kier alpha value is -4.33. The summed E-state index contributed by atoms with van der Waals surface area (Å²) in [6.45, 7) is 0. The highest BCUT2D eigenvalue weighted by atomic mass is 16.5. The molecule has 8 nitrogen and oxygen atoms in total. The molecule has 0 saturated carbocycles. The number of esters is 1. The number of fused-ring (bicyclic) bond motifs is 2. The van der Waals surface area contributed by atoms with Gasteiger partial charge < -0.3 is 24.9 Å². The van der Waals surface area contributed by atoms with Gasteiger partial charge in [-0.3, -0.25) is 0 Å². The molecule has 0 aliphatic rings. The molecular formula is C23H20N6O2. The fourth-order valence-electron chi connectivity index (χ4n) is 3.60. The fourth-order valence-corrected chi connectivity index (χ4v) is 3.60. The van der Waals surface area contributed by atoms with Crippen molar-refractivity contribution < 1.29 is 9.53 Å². The van der Waals surface area contributed by atoms with E-state index in [-0.39, 0.29) is 0 Å². The summed E-state index contributed by atoms with van der Waals surface area (Å²) in [6.07, 6.45) is 5.44. The van der Waals surface area contributed by atoms with Crippen molar-refractivity contribution in [3.05, 3.63) is 72.7 Å². The van der Waals surface area contributed by atoms with Gasteiger partial charge in [-0.1, -0.05) is 0 Å². The van der Waals surface area contributed by atoms with Crippen LogP contribution in [0.4, 0.5) is 23.1 Å². The van der Waals surface area contributed by atoms with E-state index in [9.17, 15) is 4.79 Å². The number of nitrogens with zero attached hydrogens (tertiary/aromatic N) is 3. The second kappa shape index (κ2) is 7.49. The molecule has 0 spiro atoms. The maximum atomic E-state index is 12.1. The number of carbonyl (C=O) groups excluding carboxylic acids is 1. The summed E-state index contributed by atoms with van der Waals surface area (Å²) in [4.78, 5) is 29.4. The van der Waals surface area contributed by atoms with Crippen molar-refractivity contribution in [2.45, 2.75) is 0 Å². The second-order valence-electron chi connectivity index (χ2n) is 7.13. The number of methoxy groups -OCH3 is 1. The fraction of sp³-hybridized carbons (Fsp3) is 0.0870. The van der Waals surface area contributed by atoms with Gasteiger partial charge in [0.2, 0.25) is 5.95 Å². The lowest BCUT2D eigenvalue weighted by Crippen LogP contribution is -2.12. The zero-order chi connectivity index (χ0) is 21.4. The first kappa shape index (κ1) is 18.7. The molecule has 0 amide bonds. The normalized spacial score (nSPS) is 11.0. The molecule has 154 valence electrons. The van der Waals surface area contributed by atoms with Crippen LogP contribution in [0.2, 0.25) is 0 Å². The predicted molar refractivity (Wildman–Crippen MR) is 121 cm³/mol. The highest BCUT2D eigenvalue weighted by Gasteiger charge is 2.13. The second-order valence-corrected chi connectivity index (χ2v) is 7.13. The van der Waals surface area contributed by atoms with E-state index in [0.717, 1.165) is 33.3 Å². The molecular weight excluding hydrogens is 392 g/mol. The molecule has 0 fully saturated rings. The summed E-state index contributed by atoms with van der Waals surface area (Å²) < 4.78 is 4.87. The summed E-state index contributed by atoms with van der Waals surface area (Å²) in [5.74, 6) is 0.757. The van der Waals surface area contributed by atoms with Gasteiger partial charge in [-0.2, -0.15) is 4.98 Å². The molecule has 8 heteroatoms. The SMILES string of the molecule is COC(=O)c1cc(Nc2nccc(N(C)c3ccc4[nH]ccc4c3)n2)c2cc[nH]c2c1. The van der Waals surface area contributed by atoms with Gasteiger partial charge in [0, 0.05) is 53.1 Å². The van der Waals surface area contributed by atoms with E-state index in [1.165, 1.54) is 7.11 Å². The Morgan fingerprint density at radius 3 is 2.74 bits per heavy atom. The average Bonchev–Trinajstić information content (AvgIpc) is 3.47. The third-order valence-corrected chi connectivity index (χ3v) is 5.25. The number of aromatic amines is 2. The van der Waals surface area contributed by atoms with Crippen LogP contribution < -0.4 is 10.2 Å². The van der Waals surface area contributed by atoms with Crippen molar-refractivity contribution >= 4 is 50.9 Å². The first-order chi connectivity index (χ1) is 15.1. The number of benzene rings is 2. The number of carbonyl (C=O) groups is 1. The Morgan fingerprint density at radius 1 is 1.03 bits per heavy atom. The summed E-state index contributed by atoms with van der Waals surface area (Å²) in [5, 5.41) is 5.30. The van der Waals surface area contributed by atoms with Crippen molar-refractivity contribution in [1.29, 1.82) is 0 Å². The van der Waals surface area contributed by atoms with E-state index in [0.29, 0.717) is 17.2 Å². The van der Waals surface area contributed by atoms with Crippen LogP contribution in [-0.2, 0) is 4.74 Å². The van der Waals surface area contributed by atoms with E-state index in [4.69, 9.17) is 4.74 Å². The summed E-state index contributed by atoms with van der Waals surface area (Å²) in [6, 6.07) is 15.5. The molecule has 0 atom stereocenters. The first-order valence-corrected chi connectivity index (χ1v) is 9.73. The molecule has 3 aromatic heterocycles. The molecule has 0 unspecified atom stereocenters. The molecule has 5 aromatic rings. The van der Waals surface area contributed by atoms with Crippen molar-refractivity contribution in [2.24, 2.45) is 0 Å². The number of rotatable bonds is 5. The van der Waals surface area contributed by atoms with Gasteiger partial charge in [0.15, 0.2) is 0 Å². The number of anilines is 4. The van der Waals surface area contributed by atoms with E-state index < -0.39 is 5.97 Å². The molecule has 0 aliphatic heterocycles. The Bertz CT molecular complexity index is 1400. The lowest BCUT2D eigenvalue weighted by Gasteiger charge is -2.19. The predicted octanol–water partition coefficient (Wildman–Crippen LogP) is 4.74. The third kappa shape index (κ3) is 3.44. The minimum atomic E-state index is -0.408. The van der Waals surface area contributed by atoms with Crippen LogP contribution in [0.1, 0.15) is 10.4 Å². The smallest absolute Gasteiger partial charge is 0.337 e. The Kier molecular flexibility index (Phi) is 4.51. The van der Waals surface area contributed by atoms with Crippen LogP contribution in [0.3, 0.4) is 0 Å². The summed E-state index contributed by atoms with van der Waals surface area (Å²) in [7, 11) is 3.32. The lowest BCUT2D eigenvalue weighted by atomic mass is 10.1. The third-order valence-electron chi connectivity index (χ3n) is 5.25. The highest BCUT2D eigenvalue weighted by Crippen LogP contribution is 2.29. The van der Waals surface area contributed by atoms with Gasteiger partial charge in [-0.05, 0) is 48.5 Å². The van der Waals surface area contributed by atoms with E-state index in [1.807, 2.05) is 54.7 Å². The Balaban J connectivity index is 1.48. The molecule has 0 bridgehead atoms. The highest BCUT2D eigenvalue weighted by molar-refractivity contribution is 6.01. The molecule has 3 heterocycles. The van der Waals surface area contributed by atoms with Gasteiger partial charge in [0.1, 0.15) is 5.82 Å². The standard InChI is InChI=1S/C23H20N6O2/c1-29(16-3-4-18-14(11-16)5-8-24-18)21-7-10-26-23(28-21)27-20-13-15(22(30)31-2)12-19-17(20)6-9-25-19/h3-13,24-25H,1-2H3,(H,26,27,28). The van der Waals surface area contributed by atoms with Crippen LogP contribution in [0.25, 0.3) is 21.8 Å². The molecule has 2 aromatic carbocycles. The van der Waals surface area contributed by atoms with Crippen LogP contribution in [0.5, 0.6) is 0 Å². The quantitative estimate of drug-likeness (QED) is 0.361. The Morgan fingerprint density at radius 2 is 1.87 bits per heavy atom. The molecule has 0 saturated heterocycles. The minimum Gasteiger partial charge on any atom is -0.465 e. The van der Waals surface area contributed by atoms with E-state index >= 15 is 0 Å². The topological polar surface area (TPSA) is 98.9 Å².